The number of nitrogens with one attached hydrogen (secondary N) is 1. The van der Waals surface area contributed by atoms with Crippen molar-refractivity contribution in [1.29, 1.82) is 0 Å². The minimum atomic E-state index is -3.46. The summed E-state index contributed by atoms with van der Waals surface area (Å²) < 4.78 is 27.2. The number of nitrogens with zero attached hydrogens (tertiary/aromatic N) is 2. The van der Waals surface area contributed by atoms with Gasteiger partial charge in [-0.25, -0.2) is 18.1 Å². The summed E-state index contributed by atoms with van der Waals surface area (Å²) in [6, 6.07) is 0. The number of aryl methyl sites for hydroxylation is 1. The molecule has 0 saturated carbocycles. The van der Waals surface area contributed by atoms with E-state index in [1.165, 1.54) is 12.8 Å². The van der Waals surface area contributed by atoms with Crippen LogP contribution in [0.4, 0.5) is 0 Å². The lowest BCUT2D eigenvalue weighted by atomic mass is 10.4. The smallest absolute Gasteiger partial charge is 0.251 e. The quantitative estimate of drug-likeness (QED) is 0.812. The second kappa shape index (κ2) is 6.49. The van der Waals surface area contributed by atoms with Gasteiger partial charge >= 0.3 is 0 Å². The van der Waals surface area contributed by atoms with Gasteiger partial charge in [0.15, 0.2) is 8.68 Å². The number of halogens is 1. The molecule has 0 spiro atoms. The molecule has 1 aliphatic heterocycles. The van der Waals surface area contributed by atoms with Crippen molar-refractivity contribution in [3.05, 3.63) is 10.2 Å². The molecule has 0 bridgehead atoms. The fraction of sp³-hybridized carbons (Fsp3) is 0.727. The zero-order valence-corrected chi connectivity index (χ0v) is 13.2. The van der Waals surface area contributed by atoms with E-state index in [0.717, 1.165) is 37.4 Å². The van der Waals surface area contributed by atoms with Crippen LogP contribution in [0.3, 0.4) is 0 Å². The summed E-state index contributed by atoms with van der Waals surface area (Å²) in [7, 11) is -3.46. The van der Waals surface area contributed by atoms with Gasteiger partial charge in [-0.3, -0.25) is 0 Å². The molecule has 2 heterocycles. The van der Waals surface area contributed by atoms with Crippen molar-refractivity contribution in [1.82, 2.24) is 14.6 Å². The SMILES string of the molecule is Cc1nc(Cl)sc1S(=O)(=O)NCCCN1CCCC1. The molecular formula is C11H18ClN3O2S2. The van der Waals surface area contributed by atoms with E-state index in [0.29, 0.717) is 12.2 Å². The third-order valence-corrected chi connectivity index (χ3v) is 6.45. The molecule has 0 unspecified atom stereocenters. The Kier molecular flexibility index (Phi) is 5.19. The predicted molar refractivity (Wildman–Crippen MR) is 77.3 cm³/mol. The van der Waals surface area contributed by atoms with E-state index in [1.807, 2.05) is 0 Å². The number of aromatic nitrogens is 1. The monoisotopic (exact) mass is 323 g/mol. The molecule has 0 aliphatic carbocycles. The summed E-state index contributed by atoms with van der Waals surface area (Å²) in [6.45, 7) is 5.33. The van der Waals surface area contributed by atoms with Crippen molar-refractivity contribution in [3.63, 3.8) is 0 Å². The van der Waals surface area contributed by atoms with Gasteiger partial charge in [0.25, 0.3) is 10.0 Å². The lowest BCUT2D eigenvalue weighted by Crippen LogP contribution is -2.28. The second-order valence-electron chi connectivity index (χ2n) is 4.64. The summed E-state index contributed by atoms with van der Waals surface area (Å²) >= 11 is 6.73. The number of rotatable bonds is 6. The Bertz CT molecular complexity index is 524. The third kappa shape index (κ3) is 4.13. The second-order valence-corrected chi connectivity index (χ2v) is 8.18. The highest BCUT2D eigenvalue weighted by Crippen LogP contribution is 2.26. The standard InChI is InChI=1S/C11H18ClN3O2S2/c1-9-10(18-11(12)14-9)19(16,17)13-5-4-8-15-6-2-3-7-15/h13H,2-8H2,1H3. The molecule has 108 valence electrons. The average Bonchev–Trinajstić information content (AvgIpc) is 2.94. The Morgan fingerprint density at radius 3 is 2.68 bits per heavy atom. The zero-order valence-electron chi connectivity index (χ0n) is 10.9. The topological polar surface area (TPSA) is 62.3 Å². The molecule has 5 nitrogen and oxygen atoms in total. The summed E-state index contributed by atoms with van der Waals surface area (Å²) in [5, 5.41) is 0. The number of sulfonamides is 1. The van der Waals surface area contributed by atoms with Crippen LogP contribution in [-0.4, -0.2) is 44.5 Å². The van der Waals surface area contributed by atoms with Crippen LogP contribution in [0.25, 0.3) is 0 Å². The molecule has 1 aliphatic rings. The Labute approximate surface area is 123 Å². The van der Waals surface area contributed by atoms with E-state index >= 15 is 0 Å². The molecule has 0 radical (unpaired) electrons. The maximum absolute atomic E-state index is 12.0. The Morgan fingerprint density at radius 2 is 2.11 bits per heavy atom. The summed E-state index contributed by atoms with van der Waals surface area (Å²) in [4.78, 5) is 6.29. The molecule has 1 saturated heterocycles. The molecule has 2 rings (SSSR count). The van der Waals surface area contributed by atoms with Gasteiger partial charge in [0, 0.05) is 6.54 Å². The van der Waals surface area contributed by atoms with Crippen LogP contribution in [0.15, 0.2) is 4.21 Å². The van der Waals surface area contributed by atoms with E-state index in [2.05, 4.69) is 14.6 Å². The van der Waals surface area contributed by atoms with Gasteiger partial charge < -0.3 is 4.90 Å². The summed E-state index contributed by atoms with van der Waals surface area (Å²) in [5.74, 6) is 0. The van der Waals surface area contributed by atoms with E-state index in [1.54, 1.807) is 6.92 Å². The van der Waals surface area contributed by atoms with Gasteiger partial charge in [0.05, 0.1) is 5.69 Å². The molecule has 1 aromatic heterocycles. The molecule has 1 N–H and O–H groups in total. The normalized spacial score (nSPS) is 17.2. The molecule has 0 atom stereocenters. The van der Waals surface area contributed by atoms with Crippen LogP contribution in [0.5, 0.6) is 0 Å². The Morgan fingerprint density at radius 1 is 1.42 bits per heavy atom. The van der Waals surface area contributed by atoms with Crippen molar-refractivity contribution < 1.29 is 8.42 Å². The van der Waals surface area contributed by atoms with E-state index in [9.17, 15) is 8.42 Å². The van der Waals surface area contributed by atoms with Crippen molar-refractivity contribution in [3.8, 4) is 0 Å². The van der Waals surface area contributed by atoms with Crippen LogP contribution in [0.2, 0.25) is 4.47 Å². The van der Waals surface area contributed by atoms with Crippen LogP contribution < -0.4 is 4.72 Å². The van der Waals surface area contributed by atoms with Crippen molar-refractivity contribution in [2.45, 2.75) is 30.4 Å². The average molecular weight is 324 g/mol. The van der Waals surface area contributed by atoms with E-state index in [4.69, 9.17) is 11.6 Å². The number of likely N-dealkylation sites (tertiary alicyclic amines) is 1. The van der Waals surface area contributed by atoms with Gasteiger partial charge in [-0.1, -0.05) is 22.9 Å². The molecular weight excluding hydrogens is 306 g/mol. The Balaban J connectivity index is 1.82. The highest BCUT2D eigenvalue weighted by Gasteiger charge is 2.21. The minimum absolute atomic E-state index is 0.221. The minimum Gasteiger partial charge on any atom is -0.303 e. The first kappa shape index (κ1) is 15.2. The first-order valence-corrected chi connectivity index (χ1v) is 9.02. The summed E-state index contributed by atoms with van der Waals surface area (Å²) in [6.07, 6.45) is 3.33. The van der Waals surface area contributed by atoms with Gasteiger partial charge in [0.1, 0.15) is 0 Å². The van der Waals surface area contributed by atoms with E-state index in [-0.39, 0.29) is 8.68 Å². The van der Waals surface area contributed by atoms with Crippen LogP contribution in [0, 0.1) is 6.92 Å². The first-order valence-electron chi connectivity index (χ1n) is 6.34. The molecule has 1 fully saturated rings. The van der Waals surface area contributed by atoms with E-state index < -0.39 is 10.0 Å². The molecule has 0 aromatic carbocycles. The van der Waals surface area contributed by atoms with Crippen molar-refractivity contribution in [2.24, 2.45) is 0 Å². The highest BCUT2D eigenvalue weighted by atomic mass is 35.5. The van der Waals surface area contributed by atoms with Crippen LogP contribution in [-0.2, 0) is 10.0 Å². The lowest BCUT2D eigenvalue weighted by molar-refractivity contribution is 0.334. The number of thiazole rings is 1. The Hall–Kier alpha value is -0.210. The first-order chi connectivity index (χ1) is 8.99. The lowest BCUT2D eigenvalue weighted by Gasteiger charge is -2.14. The van der Waals surface area contributed by atoms with Gasteiger partial charge in [-0.2, -0.15) is 0 Å². The van der Waals surface area contributed by atoms with Crippen molar-refractivity contribution in [2.75, 3.05) is 26.2 Å². The molecule has 19 heavy (non-hydrogen) atoms. The largest absolute Gasteiger partial charge is 0.303 e. The van der Waals surface area contributed by atoms with Crippen LogP contribution in [0.1, 0.15) is 25.0 Å². The predicted octanol–water partition coefficient (Wildman–Crippen LogP) is 1.87. The van der Waals surface area contributed by atoms with Gasteiger partial charge in [0.2, 0.25) is 0 Å². The van der Waals surface area contributed by atoms with Crippen molar-refractivity contribution >= 4 is 33.0 Å². The molecule has 0 amide bonds. The zero-order chi connectivity index (χ0) is 13.9. The van der Waals surface area contributed by atoms with Gasteiger partial charge in [-0.15, -0.1) is 0 Å². The fourth-order valence-electron chi connectivity index (χ4n) is 2.18. The summed E-state index contributed by atoms with van der Waals surface area (Å²) in [5.41, 5.74) is 0.460. The number of hydrogen-bond acceptors (Lipinski definition) is 5. The van der Waals surface area contributed by atoms with Crippen LogP contribution >= 0.6 is 22.9 Å². The highest BCUT2D eigenvalue weighted by molar-refractivity contribution is 7.91. The molecule has 1 aromatic rings. The third-order valence-electron chi connectivity index (χ3n) is 3.11. The maximum Gasteiger partial charge on any atom is 0.251 e. The maximum atomic E-state index is 12.0. The fourth-order valence-corrected chi connectivity index (χ4v) is 5.04. The van der Waals surface area contributed by atoms with Gasteiger partial charge in [-0.05, 0) is 45.8 Å². The molecule has 8 heteroatoms. The number of hydrogen-bond donors (Lipinski definition) is 1.